The number of nitrogens with one attached hydrogen (secondary N) is 3. The molecule has 156 valence electrons. The minimum Gasteiger partial charge on any atom is -0.480 e. The maximum absolute atomic E-state index is 12.0. The van der Waals surface area contributed by atoms with E-state index in [2.05, 4.69) is 16.0 Å². The molecule has 0 heterocycles. The van der Waals surface area contributed by atoms with Crippen molar-refractivity contribution in [2.45, 2.75) is 50.6 Å². The quantitative estimate of drug-likeness (QED) is 0.147. The van der Waals surface area contributed by atoms with E-state index < -0.39 is 42.3 Å². The van der Waals surface area contributed by atoms with Crippen LogP contribution in [0, 0.1) is 0 Å². The number of amides is 3. The first-order chi connectivity index (χ1) is 12.8. The number of nitrogens with two attached hydrogens (primary N) is 3. The summed E-state index contributed by atoms with van der Waals surface area (Å²) >= 11 is 0. The summed E-state index contributed by atoms with van der Waals surface area (Å²) in [5.74, 6) is -2.82. The van der Waals surface area contributed by atoms with Gasteiger partial charge in [0.2, 0.25) is 17.7 Å². The topological polar surface area (TPSA) is 203 Å². The third-order valence-electron chi connectivity index (χ3n) is 3.74. The molecular formula is C16H32N6O5. The van der Waals surface area contributed by atoms with Gasteiger partial charge in [0.1, 0.15) is 12.6 Å². The van der Waals surface area contributed by atoms with Gasteiger partial charge in [-0.25, -0.2) is 0 Å². The van der Waals surface area contributed by atoms with Crippen LogP contribution >= 0.6 is 0 Å². The van der Waals surface area contributed by atoms with Gasteiger partial charge in [0, 0.05) is 0 Å². The van der Waals surface area contributed by atoms with Crippen LogP contribution in [0.3, 0.4) is 0 Å². The van der Waals surface area contributed by atoms with Gasteiger partial charge in [-0.1, -0.05) is 6.42 Å². The molecule has 27 heavy (non-hydrogen) atoms. The molecule has 0 aromatic heterocycles. The summed E-state index contributed by atoms with van der Waals surface area (Å²) in [6.45, 7) is 0.0846. The Morgan fingerprint density at radius 2 is 1.37 bits per heavy atom. The summed E-state index contributed by atoms with van der Waals surface area (Å²) in [5.41, 5.74) is 16.5. The fourth-order valence-electron chi connectivity index (χ4n) is 2.23. The highest BCUT2D eigenvalue weighted by Gasteiger charge is 2.21. The molecule has 0 spiro atoms. The maximum atomic E-state index is 12.0. The highest BCUT2D eigenvalue weighted by Crippen LogP contribution is 2.01. The van der Waals surface area contributed by atoms with E-state index in [0.29, 0.717) is 45.2 Å². The monoisotopic (exact) mass is 388 g/mol. The summed E-state index contributed by atoms with van der Waals surface area (Å²) in [7, 11) is 0. The molecule has 0 aliphatic heterocycles. The van der Waals surface area contributed by atoms with E-state index in [1.54, 1.807) is 0 Å². The molecule has 0 aromatic carbocycles. The normalized spacial score (nSPS) is 12.7. The molecule has 3 amide bonds. The van der Waals surface area contributed by atoms with Gasteiger partial charge in [-0.15, -0.1) is 0 Å². The van der Waals surface area contributed by atoms with Gasteiger partial charge in [0.05, 0.1) is 12.6 Å². The Balaban J connectivity index is 4.45. The molecule has 0 aliphatic rings. The van der Waals surface area contributed by atoms with Gasteiger partial charge < -0.3 is 38.3 Å². The SMILES string of the molecule is NCCCC[C@H](NC(=O)CNC(=O)[C@@H](N)CCCCN)C(=O)NCC(=O)O. The van der Waals surface area contributed by atoms with Crippen molar-refractivity contribution in [1.29, 1.82) is 0 Å². The third-order valence-corrected chi connectivity index (χ3v) is 3.74. The van der Waals surface area contributed by atoms with E-state index in [0.717, 1.165) is 6.42 Å². The Morgan fingerprint density at radius 3 is 1.93 bits per heavy atom. The Kier molecular flexibility index (Phi) is 13.6. The van der Waals surface area contributed by atoms with E-state index in [1.165, 1.54) is 0 Å². The zero-order valence-corrected chi connectivity index (χ0v) is 15.5. The Hall–Kier alpha value is -2.24. The minimum atomic E-state index is -1.19. The standard InChI is InChI=1S/C16H32N6O5/c17-7-3-1-5-11(19)15(26)20-9-13(23)22-12(6-2-4-8-18)16(27)21-10-14(24)25/h11-12H,1-10,17-19H2,(H,20,26)(H,21,27)(H,22,23)(H,24,25)/t11-,12-/m0/s1. The van der Waals surface area contributed by atoms with E-state index in [1.807, 2.05) is 0 Å². The van der Waals surface area contributed by atoms with Crippen LogP contribution in [0.4, 0.5) is 0 Å². The summed E-state index contributed by atoms with van der Waals surface area (Å²) < 4.78 is 0. The second kappa shape index (κ2) is 14.9. The largest absolute Gasteiger partial charge is 0.480 e. The zero-order valence-electron chi connectivity index (χ0n) is 15.5. The van der Waals surface area contributed by atoms with Gasteiger partial charge in [0.15, 0.2) is 0 Å². The second-order valence-electron chi connectivity index (χ2n) is 6.12. The van der Waals surface area contributed by atoms with E-state index in [-0.39, 0.29) is 6.54 Å². The number of hydrogen-bond donors (Lipinski definition) is 7. The molecule has 0 radical (unpaired) electrons. The van der Waals surface area contributed by atoms with Gasteiger partial charge in [-0.2, -0.15) is 0 Å². The van der Waals surface area contributed by atoms with Crippen LogP contribution in [0.25, 0.3) is 0 Å². The predicted molar refractivity (Wildman–Crippen MR) is 99.4 cm³/mol. The number of aliphatic carboxylic acids is 1. The van der Waals surface area contributed by atoms with Gasteiger partial charge >= 0.3 is 5.97 Å². The first-order valence-electron chi connectivity index (χ1n) is 9.04. The number of unbranched alkanes of at least 4 members (excludes halogenated alkanes) is 2. The smallest absolute Gasteiger partial charge is 0.322 e. The molecule has 0 aliphatic carbocycles. The highest BCUT2D eigenvalue weighted by atomic mass is 16.4. The number of carbonyl (C=O) groups excluding carboxylic acids is 3. The lowest BCUT2D eigenvalue weighted by atomic mass is 10.1. The van der Waals surface area contributed by atoms with Crippen molar-refractivity contribution in [1.82, 2.24) is 16.0 Å². The van der Waals surface area contributed by atoms with Gasteiger partial charge in [-0.3, -0.25) is 19.2 Å². The lowest BCUT2D eigenvalue weighted by Gasteiger charge is -2.18. The first kappa shape index (κ1) is 24.8. The molecule has 0 saturated carbocycles. The predicted octanol–water partition coefficient (Wildman–Crippen LogP) is -2.63. The van der Waals surface area contributed by atoms with Gasteiger partial charge in [0.25, 0.3) is 0 Å². The molecule has 0 saturated heterocycles. The van der Waals surface area contributed by atoms with Crippen LogP contribution < -0.4 is 33.2 Å². The highest BCUT2D eigenvalue weighted by molar-refractivity contribution is 5.91. The van der Waals surface area contributed by atoms with Crippen LogP contribution in [-0.4, -0.2) is 67.1 Å². The lowest BCUT2D eigenvalue weighted by Crippen LogP contribution is -2.51. The van der Waals surface area contributed by atoms with E-state index in [9.17, 15) is 19.2 Å². The average Bonchev–Trinajstić information content (AvgIpc) is 2.63. The van der Waals surface area contributed by atoms with Crippen LogP contribution in [0.5, 0.6) is 0 Å². The molecule has 0 bridgehead atoms. The van der Waals surface area contributed by atoms with E-state index >= 15 is 0 Å². The average molecular weight is 388 g/mol. The summed E-state index contributed by atoms with van der Waals surface area (Å²) in [6, 6.07) is -1.64. The van der Waals surface area contributed by atoms with Crippen molar-refractivity contribution >= 4 is 23.7 Å². The summed E-state index contributed by atoms with van der Waals surface area (Å²) in [4.78, 5) is 46.4. The maximum Gasteiger partial charge on any atom is 0.322 e. The lowest BCUT2D eigenvalue weighted by molar-refractivity contribution is -0.138. The number of hydrogen-bond acceptors (Lipinski definition) is 7. The third kappa shape index (κ3) is 12.7. The van der Waals surface area contributed by atoms with Crippen LogP contribution in [0.2, 0.25) is 0 Å². The van der Waals surface area contributed by atoms with Crippen molar-refractivity contribution in [2.24, 2.45) is 17.2 Å². The summed E-state index contributed by atoms with van der Waals surface area (Å²) in [6.07, 6.45) is 3.49. The molecular weight excluding hydrogens is 356 g/mol. The van der Waals surface area contributed by atoms with Crippen molar-refractivity contribution in [3.8, 4) is 0 Å². The fraction of sp³-hybridized carbons (Fsp3) is 0.750. The summed E-state index contributed by atoms with van der Waals surface area (Å²) in [5, 5.41) is 15.8. The first-order valence-corrected chi connectivity index (χ1v) is 9.04. The number of carboxylic acids is 1. The number of carbonyl (C=O) groups is 4. The molecule has 2 atom stereocenters. The van der Waals surface area contributed by atoms with Crippen molar-refractivity contribution in [3.05, 3.63) is 0 Å². The van der Waals surface area contributed by atoms with Crippen LogP contribution in [0.1, 0.15) is 38.5 Å². The van der Waals surface area contributed by atoms with Crippen LogP contribution in [0.15, 0.2) is 0 Å². The van der Waals surface area contributed by atoms with Crippen molar-refractivity contribution in [3.63, 3.8) is 0 Å². The van der Waals surface area contributed by atoms with Crippen LogP contribution in [-0.2, 0) is 19.2 Å². The molecule has 10 N–H and O–H groups in total. The number of rotatable bonds is 15. The Bertz CT molecular complexity index is 488. The molecule has 0 rings (SSSR count). The van der Waals surface area contributed by atoms with Crippen molar-refractivity contribution < 1.29 is 24.3 Å². The Morgan fingerprint density at radius 1 is 0.815 bits per heavy atom. The molecule has 0 aromatic rings. The Labute approximate surface area is 158 Å². The van der Waals surface area contributed by atoms with Gasteiger partial charge in [-0.05, 0) is 45.2 Å². The fourth-order valence-corrected chi connectivity index (χ4v) is 2.23. The molecule has 11 nitrogen and oxygen atoms in total. The molecule has 0 unspecified atom stereocenters. The zero-order chi connectivity index (χ0) is 20.7. The second-order valence-corrected chi connectivity index (χ2v) is 6.12. The molecule has 11 heteroatoms. The van der Waals surface area contributed by atoms with E-state index in [4.69, 9.17) is 22.3 Å². The molecule has 0 fully saturated rings. The number of carboxylic acid groups (broad SMARTS) is 1. The minimum absolute atomic E-state index is 0.306. The van der Waals surface area contributed by atoms with Crippen molar-refractivity contribution in [2.75, 3.05) is 26.2 Å².